The fourth-order valence-electron chi connectivity index (χ4n) is 1.51. The maximum Gasteiger partial charge on any atom is 0.202 e. The number of hydrogen-bond donors (Lipinski definition) is 1. The van der Waals surface area contributed by atoms with Gasteiger partial charge in [0.25, 0.3) is 0 Å². The van der Waals surface area contributed by atoms with Crippen LogP contribution < -0.4 is 5.73 Å². The maximum absolute atomic E-state index is 5.74. The summed E-state index contributed by atoms with van der Waals surface area (Å²) < 4.78 is 0. The van der Waals surface area contributed by atoms with Crippen molar-refractivity contribution in [3.63, 3.8) is 0 Å². The van der Waals surface area contributed by atoms with Gasteiger partial charge in [-0.05, 0) is 13.8 Å². The van der Waals surface area contributed by atoms with E-state index < -0.39 is 5.66 Å². The molecule has 0 radical (unpaired) electrons. The normalized spacial score (nSPS) is 27.1. The van der Waals surface area contributed by atoms with Gasteiger partial charge in [-0.2, -0.15) is 0 Å². The predicted molar refractivity (Wildman–Crippen MR) is 62.8 cm³/mol. The number of rotatable bonds is 2. The molecule has 1 atom stereocenters. The van der Waals surface area contributed by atoms with Crippen molar-refractivity contribution < 1.29 is 0 Å². The standard InChI is InChI=1S/C10H13N5/c1-7(2)3-4-10-8(12-5-14-10)9(11)13-6-15-10/h3,5-6H,4H2,1-2H3,(H2,11,13,15). The van der Waals surface area contributed by atoms with E-state index in [2.05, 4.69) is 26.0 Å². The number of allylic oxidation sites excluding steroid dienone is 1. The van der Waals surface area contributed by atoms with E-state index in [1.807, 2.05) is 13.8 Å². The van der Waals surface area contributed by atoms with E-state index in [9.17, 15) is 0 Å². The summed E-state index contributed by atoms with van der Waals surface area (Å²) in [5.74, 6) is 0.407. The quantitative estimate of drug-likeness (QED) is 0.666. The van der Waals surface area contributed by atoms with Gasteiger partial charge < -0.3 is 5.73 Å². The molecule has 5 nitrogen and oxygen atoms in total. The van der Waals surface area contributed by atoms with Crippen LogP contribution in [-0.4, -0.2) is 29.9 Å². The first kappa shape index (κ1) is 9.76. The van der Waals surface area contributed by atoms with Crippen molar-refractivity contribution in [1.82, 2.24) is 0 Å². The first-order chi connectivity index (χ1) is 7.14. The largest absolute Gasteiger partial charge is 0.382 e. The smallest absolute Gasteiger partial charge is 0.202 e. The van der Waals surface area contributed by atoms with Gasteiger partial charge in [0, 0.05) is 6.42 Å². The van der Waals surface area contributed by atoms with Crippen molar-refractivity contribution in [2.45, 2.75) is 25.9 Å². The van der Waals surface area contributed by atoms with E-state index in [4.69, 9.17) is 5.73 Å². The van der Waals surface area contributed by atoms with E-state index in [0.29, 0.717) is 18.0 Å². The third kappa shape index (κ3) is 1.60. The van der Waals surface area contributed by atoms with Crippen molar-refractivity contribution in [1.29, 1.82) is 0 Å². The summed E-state index contributed by atoms with van der Waals surface area (Å²) in [6, 6.07) is 0. The lowest BCUT2D eigenvalue weighted by atomic mass is 9.98. The SMILES string of the molecule is CC(C)=CCC12N=CN=C(N)C1=NC=N2. The van der Waals surface area contributed by atoms with Crippen molar-refractivity contribution in [2.24, 2.45) is 25.7 Å². The van der Waals surface area contributed by atoms with Crippen molar-refractivity contribution in [2.75, 3.05) is 0 Å². The Bertz CT molecular complexity index is 423. The molecule has 78 valence electrons. The Morgan fingerprint density at radius 3 is 2.67 bits per heavy atom. The second-order valence-corrected chi connectivity index (χ2v) is 3.78. The highest BCUT2D eigenvalue weighted by atomic mass is 15.2. The van der Waals surface area contributed by atoms with Crippen LogP contribution in [0.1, 0.15) is 20.3 Å². The monoisotopic (exact) mass is 203 g/mol. The minimum absolute atomic E-state index is 0.407. The Kier molecular flexibility index (Phi) is 2.22. The molecule has 0 aliphatic carbocycles. The number of hydrogen-bond acceptors (Lipinski definition) is 5. The Balaban J connectivity index is 2.32. The minimum Gasteiger partial charge on any atom is -0.382 e. The zero-order valence-electron chi connectivity index (χ0n) is 8.81. The van der Waals surface area contributed by atoms with E-state index in [-0.39, 0.29) is 0 Å². The Morgan fingerprint density at radius 2 is 2.00 bits per heavy atom. The molecule has 0 amide bonds. The minimum atomic E-state index is -0.650. The van der Waals surface area contributed by atoms with Gasteiger partial charge in [-0.25, -0.2) is 20.0 Å². The van der Waals surface area contributed by atoms with Gasteiger partial charge in [0.05, 0.1) is 0 Å². The molecule has 15 heavy (non-hydrogen) atoms. The molecule has 0 saturated heterocycles. The Labute approximate surface area is 88.2 Å². The molecule has 2 heterocycles. The Morgan fingerprint density at radius 1 is 1.33 bits per heavy atom. The average Bonchev–Trinajstić information content (AvgIpc) is 2.61. The van der Waals surface area contributed by atoms with E-state index in [1.165, 1.54) is 18.3 Å². The van der Waals surface area contributed by atoms with Crippen LogP contribution in [0.4, 0.5) is 0 Å². The molecule has 2 N–H and O–H groups in total. The number of fused-ring (bicyclic) bond motifs is 1. The fraction of sp³-hybridized carbons (Fsp3) is 0.400. The third-order valence-electron chi connectivity index (χ3n) is 2.34. The molecule has 0 spiro atoms. The molecule has 0 aromatic rings. The van der Waals surface area contributed by atoms with E-state index >= 15 is 0 Å². The van der Waals surface area contributed by atoms with Crippen LogP contribution in [0.3, 0.4) is 0 Å². The maximum atomic E-state index is 5.74. The van der Waals surface area contributed by atoms with Gasteiger partial charge in [0.15, 0.2) is 5.84 Å². The summed E-state index contributed by atoms with van der Waals surface area (Å²) in [7, 11) is 0. The summed E-state index contributed by atoms with van der Waals surface area (Å²) in [6.45, 7) is 4.08. The highest BCUT2D eigenvalue weighted by Gasteiger charge is 2.39. The second kappa shape index (κ2) is 3.42. The number of nitrogens with zero attached hydrogens (tertiary/aromatic N) is 4. The molecule has 1 unspecified atom stereocenters. The van der Waals surface area contributed by atoms with Crippen molar-refractivity contribution >= 4 is 24.2 Å². The molecular formula is C10H13N5. The molecule has 0 aromatic heterocycles. The highest BCUT2D eigenvalue weighted by Crippen LogP contribution is 2.26. The predicted octanol–water partition coefficient (Wildman–Crippen LogP) is 0.921. The lowest BCUT2D eigenvalue weighted by Gasteiger charge is -2.23. The topological polar surface area (TPSA) is 75.5 Å². The molecule has 0 saturated carbocycles. The fourth-order valence-corrected chi connectivity index (χ4v) is 1.51. The third-order valence-corrected chi connectivity index (χ3v) is 2.34. The summed E-state index contributed by atoms with van der Waals surface area (Å²) in [6.07, 6.45) is 5.71. The molecule has 0 fully saturated rings. The summed E-state index contributed by atoms with van der Waals surface area (Å²) >= 11 is 0. The molecular weight excluding hydrogens is 190 g/mol. The van der Waals surface area contributed by atoms with Gasteiger partial charge in [0.1, 0.15) is 18.4 Å². The van der Waals surface area contributed by atoms with Crippen LogP contribution >= 0.6 is 0 Å². The van der Waals surface area contributed by atoms with Crippen LogP contribution in [0.2, 0.25) is 0 Å². The number of aliphatic imine (C=N–C) groups is 4. The molecule has 0 bridgehead atoms. The zero-order valence-corrected chi connectivity index (χ0v) is 8.81. The lowest BCUT2D eigenvalue weighted by molar-refractivity contribution is 0.623. The molecule has 2 rings (SSSR count). The number of amidine groups is 1. The Hall–Kier alpha value is -1.78. The van der Waals surface area contributed by atoms with E-state index in [0.717, 1.165) is 0 Å². The molecule has 2 aliphatic heterocycles. The van der Waals surface area contributed by atoms with Gasteiger partial charge in [-0.1, -0.05) is 11.6 Å². The molecule has 5 heteroatoms. The van der Waals surface area contributed by atoms with E-state index in [1.54, 1.807) is 0 Å². The van der Waals surface area contributed by atoms with Crippen LogP contribution in [0.15, 0.2) is 31.6 Å². The van der Waals surface area contributed by atoms with Crippen molar-refractivity contribution in [3.05, 3.63) is 11.6 Å². The first-order valence-electron chi connectivity index (χ1n) is 4.77. The zero-order chi connectivity index (χ0) is 10.9. The van der Waals surface area contributed by atoms with Crippen LogP contribution in [0.25, 0.3) is 0 Å². The van der Waals surface area contributed by atoms with Crippen LogP contribution in [-0.2, 0) is 0 Å². The lowest BCUT2D eigenvalue weighted by Crippen LogP contribution is -2.43. The first-order valence-corrected chi connectivity index (χ1v) is 4.77. The number of nitrogens with two attached hydrogens (primary N) is 1. The van der Waals surface area contributed by atoms with Gasteiger partial charge in [-0.15, -0.1) is 0 Å². The second-order valence-electron chi connectivity index (χ2n) is 3.78. The van der Waals surface area contributed by atoms with Crippen molar-refractivity contribution in [3.8, 4) is 0 Å². The summed E-state index contributed by atoms with van der Waals surface area (Å²) in [5.41, 5.74) is 6.97. The summed E-state index contributed by atoms with van der Waals surface area (Å²) in [5, 5.41) is 0. The molecule has 0 aromatic carbocycles. The summed E-state index contributed by atoms with van der Waals surface area (Å²) in [4.78, 5) is 16.6. The molecule has 2 aliphatic rings. The van der Waals surface area contributed by atoms with Gasteiger partial charge in [-0.3, -0.25) is 0 Å². The van der Waals surface area contributed by atoms with Crippen LogP contribution in [0.5, 0.6) is 0 Å². The average molecular weight is 203 g/mol. The van der Waals surface area contributed by atoms with Gasteiger partial charge in [0.2, 0.25) is 5.66 Å². The highest BCUT2D eigenvalue weighted by molar-refractivity contribution is 6.47. The van der Waals surface area contributed by atoms with Gasteiger partial charge >= 0.3 is 0 Å². The van der Waals surface area contributed by atoms with Crippen LogP contribution in [0, 0.1) is 0 Å².